The Kier molecular flexibility index (Phi) is 4.23. The van der Waals surface area contributed by atoms with Gasteiger partial charge in [0.05, 0.1) is 5.02 Å². The number of nitrogens with zero attached hydrogens (tertiary/aromatic N) is 3. The lowest BCUT2D eigenvalue weighted by molar-refractivity contribution is -0.148. The Hall–Kier alpha value is -1.62. The molecule has 0 aromatic carbocycles. The van der Waals surface area contributed by atoms with Gasteiger partial charge in [-0.2, -0.15) is 0 Å². The number of carbonyl (C=O) groups is 1. The van der Waals surface area contributed by atoms with Crippen molar-refractivity contribution in [1.82, 2.24) is 14.5 Å². The molecule has 0 amide bonds. The minimum absolute atomic E-state index is 0.0924. The molecule has 1 N–H and O–H groups in total. The Balaban J connectivity index is 2.87. The summed E-state index contributed by atoms with van der Waals surface area (Å²) in [4.78, 5) is 20.9. The van der Waals surface area contributed by atoms with E-state index in [1.54, 1.807) is 10.6 Å². The number of halogens is 1. The third kappa shape index (κ3) is 2.39. The predicted octanol–water partition coefficient (Wildman–Crippen LogP) is 3.81. The lowest BCUT2D eigenvalue weighted by atomic mass is 9.91. The standard InChI is InChI=1S/C15H20ClN3O2/c1-5-15(6-2,14(20)21)19-12(9(3)4)18-11-7-10(16)8-17-13(11)19/h7-9H,5-6H2,1-4H3,(H,20,21). The minimum Gasteiger partial charge on any atom is -0.479 e. The smallest absolute Gasteiger partial charge is 0.329 e. The normalized spacial score (nSPS) is 12.3. The summed E-state index contributed by atoms with van der Waals surface area (Å²) in [7, 11) is 0. The van der Waals surface area contributed by atoms with Crippen LogP contribution in [0.2, 0.25) is 5.02 Å². The van der Waals surface area contributed by atoms with E-state index in [9.17, 15) is 9.90 Å². The molecule has 2 rings (SSSR count). The van der Waals surface area contributed by atoms with Crippen LogP contribution in [0.5, 0.6) is 0 Å². The second-order valence-electron chi connectivity index (χ2n) is 5.50. The van der Waals surface area contributed by atoms with Crippen molar-refractivity contribution in [2.24, 2.45) is 0 Å². The number of hydrogen-bond acceptors (Lipinski definition) is 3. The average molecular weight is 310 g/mol. The van der Waals surface area contributed by atoms with Gasteiger partial charge < -0.3 is 5.11 Å². The van der Waals surface area contributed by atoms with Gasteiger partial charge in [-0.1, -0.05) is 39.3 Å². The molecule has 2 aromatic rings. The Morgan fingerprint density at radius 2 is 2.05 bits per heavy atom. The summed E-state index contributed by atoms with van der Waals surface area (Å²) < 4.78 is 1.78. The van der Waals surface area contributed by atoms with Gasteiger partial charge in [-0.15, -0.1) is 0 Å². The number of fused-ring (bicyclic) bond motifs is 1. The Morgan fingerprint density at radius 3 is 2.52 bits per heavy atom. The van der Waals surface area contributed by atoms with Crippen LogP contribution in [0.1, 0.15) is 52.3 Å². The maximum atomic E-state index is 12.0. The van der Waals surface area contributed by atoms with Crippen LogP contribution in [0.25, 0.3) is 11.2 Å². The lowest BCUT2D eigenvalue weighted by Gasteiger charge is -2.31. The fraction of sp³-hybridized carbons (Fsp3) is 0.533. The number of carboxylic acid groups (broad SMARTS) is 1. The van der Waals surface area contributed by atoms with Crippen molar-refractivity contribution < 1.29 is 9.90 Å². The maximum absolute atomic E-state index is 12.0. The van der Waals surface area contributed by atoms with Crippen molar-refractivity contribution in [3.63, 3.8) is 0 Å². The first kappa shape index (κ1) is 15.8. The molecule has 114 valence electrons. The summed E-state index contributed by atoms with van der Waals surface area (Å²) in [6.07, 6.45) is 2.47. The molecular weight excluding hydrogens is 290 g/mol. The Labute approximate surface area is 129 Å². The molecule has 0 aliphatic rings. The highest BCUT2D eigenvalue weighted by molar-refractivity contribution is 6.31. The minimum atomic E-state index is -1.03. The fourth-order valence-electron chi connectivity index (χ4n) is 2.73. The number of aliphatic carboxylic acids is 1. The van der Waals surface area contributed by atoms with Gasteiger partial charge in [0.25, 0.3) is 0 Å². The first-order valence-electron chi connectivity index (χ1n) is 7.15. The molecule has 0 atom stereocenters. The molecular formula is C15H20ClN3O2. The van der Waals surface area contributed by atoms with Crippen molar-refractivity contribution in [1.29, 1.82) is 0 Å². The summed E-state index contributed by atoms with van der Waals surface area (Å²) in [6, 6.07) is 1.73. The third-order valence-electron chi connectivity index (χ3n) is 4.00. The Morgan fingerprint density at radius 1 is 1.43 bits per heavy atom. The number of rotatable bonds is 5. The average Bonchev–Trinajstić information content (AvgIpc) is 2.80. The van der Waals surface area contributed by atoms with Crippen LogP contribution in [0, 0.1) is 0 Å². The molecule has 21 heavy (non-hydrogen) atoms. The lowest BCUT2D eigenvalue weighted by Crippen LogP contribution is -2.42. The van der Waals surface area contributed by atoms with Gasteiger partial charge in [0.1, 0.15) is 16.9 Å². The van der Waals surface area contributed by atoms with Crippen LogP contribution < -0.4 is 0 Å². The molecule has 2 heterocycles. The molecule has 0 spiro atoms. The zero-order valence-electron chi connectivity index (χ0n) is 12.7. The van der Waals surface area contributed by atoms with Crippen LogP contribution in [0.4, 0.5) is 0 Å². The van der Waals surface area contributed by atoms with Gasteiger partial charge in [-0.25, -0.2) is 14.8 Å². The zero-order valence-corrected chi connectivity index (χ0v) is 13.5. The van der Waals surface area contributed by atoms with Crippen LogP contribution in [-0.2, 0) is 10.3 Å². The van der Waals surface area contributed by atoms with Crippen LogP contribution in [0.3, 0.4) is 0 Å². The van der Waals surface area contributed by atoms with Crippen LogP contribution in [-0.4, -0.2) is 25.6 Å². The first-order valence-corrected chi connectivity index (χ1v) is 7.53. The molecule has 0 saturated heterocycles. The van der Waals surface area contributed by atoms with E-state index in [0.717, 1.165) is 5.82 Å². The summed E-state index contributed by atoms with van der Waals surface area (Å²) >= 11 is 5.98. The van der Waals surface area contributed by atoms with Gasteiger partial charge in [0.15, 0.2) is 5.65 Å². The Bertz CT molecular complexity index is 675. The monoisotopic (exact) mass is 309 g/mol. The van der Waals surface area contributed by atoms with E-state index in [2.05, 4.69) is 9.97 Å². The van der Waals surface area contributed by atoms with Gasteiger partial charge >= 0.3 is 5.97 Å². The van der Waals surface area contributed by atoms with E-state index in [1.165, 1.54) is 6.20 Å². The summed E-state index contributed by atoms with van der Waals surface area (Å²) in [6.45, 7) is 7.75. The molecule has 2 aromatic heterocycles. The topological polar surface area (TPSA) is 68.0 Å². The van der Waals surface area contributed by atoms with E-state index in [1.807, 2.05) is 27.7 Å². The molecule has 0 aliphatic heterocycles. The van der Waals surface area contributed by atoms with E-state index in [4.69, 9.17) is 11.6 Å². The molecule has 0 aliphatic carbocycles. The van der Waals surface area contributed by atoms with Crippen molar-refractivity contribution >= 4 is 28.7 Å². The van der Waals surface area contributed by atoms with Crippen molar-refractivity contribution in [2.75, 3.05) is 0 Å². The van der Waals surface area contributed by atoms with E-state index in [0.29, 0.717) is 29.0 Å². The highest BCUT2D eigenvalue weighted by atomic mass is 35.5. The second-order valence-corrected chi connectivity index (χ2v) is 5.94. The summed E-state index contributed by atoms with van der Waals surface area (Å²) in [5.41, 5.74) is 0.183. The highest BCUT2D eigenvalue weighted by Gasteiger charge is 2.40. The van der Waals surface area contributed by atoms with E-state index in [-0.39, 0.29) is 5.92 Å². The molecule has 6 heteroatoms. The second kappa shape index (κ2) is 5.64. The van der Waals surface area contributed by atoms with Crippen molar-refractivity contribution in [3.8, 4) is 0 Å². The number of imidazole rings is 1. The highest BCUT2D eigenvalue weighted by Crippen LogP contribution is 2.34. The van der Waals surface area contributed by atoms with Gasteiger partial charge in [0, 0.05) is 12.1 Å². The molecule has 0 radical (unpaired) electrons. The molecule has 0 fully saturated rings. The predicted molar refractivity (Wildman–Crippen MR) is 82.8 cm³/mol. The molecule has 0 saturated carbocycles. The van der Waals surface area contributed by atoms with Crippen molar-refractivity contribution in [3.05, 3.63) is 23.1 Å². The number of pyridine rings is 1. The SMILES string of the molecule is CCC(CC)(C(=O)O)n1c(C(C)C)nc2cc(Cl)cnc21. The van der Waals surface area contributed by atoms with E-state index < -0.39 is 11.5 Å². The number of hydrogen-bond donors (Lipinski definition) is 1. The van der Waals surface area contributed by atoms with Crippen LogP contribution in [0.15, 0.2) is 12.3 Å². The number of aromatic nitrogens is 3. The van der Waals surface area contributed by atoms with Gasteiger partial charge in [-0.3, -0.25) is 4.57 Å². The largest absolute Gasteiger partial charge is 0.479 e. The molecule has 5 nitrogen and oxygen atoms in total. The maximum Gasteiger partial charge on any atom is 0.329 e. The fourth-order valence-corrected chi connectivity index (χ4v) is 2.88. The zero-order chi connectivity index (χ0) is 15.8. The summed E-state index contributed by atoms with van der Waals surface area (Å²) in [5, 5.41) is 10.3. The first-order chi connectivity index (χ1) is 9.87. The molecule has 0 bridgehead atoms. The third-order valence-corrected chi connectivity index (χ3v) is 4.21. The van der Waals surface area contributed by atoms with Gasteiger partial charge in [0.2, 0.25) is 0 Å². The van der Waals surface area contributed by atoms with Crippen LogP contribution >= 0.6 is 11.6 Å². The summed E-state index contributed by atoms with van der Waals surface area (Å²) in [5.74, 6) is -0.0360. The number of carboxylic acids is 1. The van der Waals surface area contributed by atoms with Crippen molar-refractivity contribution in [2.45, 2.75) is 52.0 Å². The molecule has 0 unspecified atom stereocenters. The van der Waals surface area contributed by atoms with E-state index >= 15 is 0 Å². The quantitative estimate of drug-likeness (QED) is 0.912. The van der Waals surface area contributed by atoms with Gasteiger partial charge in [-0.05, 0) is 18.9 Å².